The zero-order chi connectivity index (χ0) is 13.3. The number of ether oxygens (including phenoxy) is 2. The van der Waals surface area contributed by atoms with E-state index in [9.17, 15) is 5.11 Å². The van der Waals surface area contributed by atoms with Gasteiger partial charge in [-0.05, 0) is 42.2 Å². The summed E-state index contributed by atoms with van der Waals surface area (Å²) < 4.78 is 11.3. The zero-order valence-corrected chi connectivity index (χ0v) is 12.4. The van der Waals surface area contributed by atoms with E-state index in [-0.39, 0.29) is 11.3 Å². The van der Waals surface area contributed by atoms with Crippen molar-refractivity contribution in [2.75, 3.05) is 20.8 Å². The fourth-order valence-electron chi connectivity index (χ4n) is 2.57. The standard InChI is InChI=1S/C13H18BrNO3/c1-13(5-4-6-15-13)10-8(16)7-9(17-2)12(18-3)11(10)14/h7,15-16H,4-6H2,1-3H3. The molecule has 0 amide bonds. The summed E-state index contributed by atoms with van der Waals surface area (Å²) in [5, 5.41) is 13.7. The monoisotopic (exact) mass is 315 g/mol. The van der Waals surface area contributed by atoms with Gasteiger partial charge in [0.05, 0.1) is 18.7 Å². The zero-order valence-electron chi connectivity index (χ0n) is 10.8. The molecule has 4 nitrogen and oxygen atoms in total. The van der Waals surface area contributed by atoms with Crippen LogP contribution in [-0.2, 0) is 5.54 Å². The summed E-state index contributed by atoms with van der Waals surface area (Å²) >= 11 is 3.52. The summed E-state index contributed by atoms with van der Waals surface area (Å²) in [6.45, 7) is 3.04. The molecule has 0 radical (unpaired) electrons. The van der Waals surface area contributed by atoms with Gasteiger partial charge in [-0.2, -0.15) is 0 Å². The number of halogens is 1. The van der Waals surface area contributed by atoms with E-state index < -0.39 is 0 Å². The maximum atomic E-state index is 10.2. The Kier molecular flexibility index (Phi) is 3.73. The van der Waals surface area contributed by atoms with Crippen LogP contribution < -0.4 is 14.8 Å². The average molecular weight is 316 g/mol. The number of nitrogens with one attached hydrogen (secondary N) is 1. The molecule has 2 rings (SSSR count). The third-order valence-corrected chi connectivity index (χ3v) is 4.27. The van der Waals surface area contributed by atoms with Crippen LogP contribution in [-0.4, -0.2) is 25.9 Å². The summed E-state index contributed by atoms with van der Waals surface area (Å²) in [4.78, 5) is 0. The highest BCUT2D eigenvalue weighted by atomic mass is 79.9. The van der Waals surface area contributed by atoms with Crippen molar-refractivity contribution in [3.8, 4) is 17.2 Å². The highest BCUT2D eigenvalue weighted by molar-refractivity contribution is 9.10. The van der Waals surface area contributed by atoms with E-state index in [0.29, 0.717) is 11.5 Å². The van der Waals surface area contributed by atoms with Gasteiger partial charge in [0, 0.05) is 17.2 Å². The number of phenolic OH excluding ortho intramolecular Hbond substituents is 1. The van der Waals surface area contributed by atoms with Gasteiger partial charge in [-0.1, -0.05) is 0 Å². The Morgan fingerprint density at radius 1 is 1.39 bits per heavy atom. The second kappa shape index (κ2) is 4.97. The lowest BCUT2D eigenvalue weighted by atomic mass is 9.89. The number of methoxy groups -OCH3 is 2. The Morgan fingerprint density at radius 2 is 2.11 bits per heavy atom. The third-order valence-electron chi connectivity index (χ3n) is 3.51. The lowest BCUT2D eigenvalue weighted by molar-refractivity contribution is 0.339. The minimum absolute atomic E-state index is 0.219. The molecule has 1 atom stereocenters. The Balaban J connectivity index is 2.60. The van der Waals surface area contributed by atoms with Crippen LogP contribution in [0.5, 0.6) is 17.2 Å². The SMILES string of the molecule is COc1cc(O)c(C2(C)CCCN2)c(Br)c1OC. The van der Waals surface area contributed by atoms with Gasteiger partial charge in [-0.15, -0.1) is 0 Å². The molecule has 2 N–H and O–H groups in total. The van der Waals surface area contributed by atoms with E-state index in [0.717, 1.165) is 29.4 Å². The summed E-state index contributed by atoms with van der Waals surface area (Å²) in [5.74, 6) is 1.35. The predicted molar refractivity (Wildman–Crippen MR) is 73.5 cm³/mol. The molecule has 0 aliphatic carbocycles. The van der Waals surface area contributed by atoms with E-state index in [2.05, 4.69) is 28.2 Å². The number of rotatable bonds is 3. The molecule has 18 heavy (non-hydrogen) atoms. The Hall–Kier alpha value is -0.940. The van der Waals surface area contributed by atoms with Gasteiger partial charge >= 0.3 is 0 Å². The summed E-state index contributed by atoms with van der Waals surface area (Å²) in [7, 11) is 3.15. The van der Waals surface area contributed by atoms with Crippen LogP contribution in [0.3, 0.4) is 0 Å². The molecule has 1 aromatic carbocycles. The van der Waals surface area contributed by atoms with E-state index in [1.54, 1.807) is 20.3 Å². The fourth-order valence-corrected chi connectivity index (χ4v) is 3.57. The fraction of sp³-hybridized carbons (Fsp3) is 0.538. The normalized spacial score (nSPS) is 23.1. The molecule has 1 aliphatic rings. The van der Waals surface area contributed by atoms with E-state index in [4.69, 9.17) is 9.47 Å². The first kappa shape index (κ1) is 13.5. The van der Waals surface area contributed by atoms with Gasteiger partial charge < -0.3 is 19.9 Å². The van der Waals surface area contributed by atoms with Crippen LogP contribution in [0.2, 0.25) is 0 Å². The van der Waals surface area contributed by atoms with Crippen LogP contribution in [0.4, 0.5) is 0 Å². The van der Waals surface area contributed by atoms with Crippen molar-refractivity contribution in [1.29, 1.82) is 0 Å². The molecular formula is C13H18BrNO3. The van der Waals surface area contributed by atoms with Gasteiger partial charge in [0.2, 0.25) is 0 Å². The molecule has 1 unspecified atom stereocenters. The first-order chi connectivity index (χ1) is 8.53. The number of benzene rings is 1. The second-order valence-corrected chi connectivity index (χ2v) is 5.48. The molecule has 1 fully saturated rings. The first-order valence-electron chi connectivity index (χ1n) is 5.92. The maximum Gasteiger partial charge on any atom is 0.175 e. The third kappa shape index (κ3) is 2.06. The second-order valence-electron chi connectivity index (χ2n) is 4.68. The molecule has 1 heterocycles. The van der Waals surface area contributed by atoms with E-state index >= 15 is 0 Å². The van der Waals surface area contributed by atoms with Crippen molar-refractivity contribution >= 4 is 15.9 Å². The van der Waals surface area contributed by atoms with Crippen molar-refractivity contribution in [1.82, 2.24) is 5.32 Å². The Bertz CT molecular complexity index is 456. The van der Waals surface area contributed by atoms with Gasteiger partial charge in [-0.3, -0.25) is 0 Å². The van der Waals surface area contributed by atoms with Gasteiger partial charge in [0.1, 0.15) is 5.75 Å². The molecule has 100 valence electrons. The number of hydrogen-bond acceptors (Lipinski definition) is 4. The van der Waals surface area contributed by atoms with E-state index in [1.807, 2.05) is 0 Å². The van der Waals surface area contributed by atoms with Crippen LogP contribution in [0, 0.1) is 0 Å². The highest BCUT2D eigenvalue weighted by Crippen LogP contribution is 2.48. The lowest BCUT2D eigenvalue weighted by Gasteiger charge is -2.28. The van der Waals surface area contributed by atoms with Crippen LogP contribution in [0.1, 0.15) is 25.3 Å². The first-order valence-corrected chi connectivity index (χ1v) is 6.71. The summed E-state index contributed by atoms with van der Waals surface area (Å²) in [5.41, 5.74) is 0.597. The van der Waals surface area contributed by atoms with Crippen molar-refractivity contribution in [3.63, 3.8) is 0 Å². The molecule has 0 saturated carbocycles. The maximum absolute atomic E-state index is 10.2. The molecule has 0 aromatic heterocycles. The molecule has 1 aliphatic heterocycles. The largest absolute Gasteiger partial charge is 0.507 e. The Morgan fingerprint density at radius 3 is 2.61 bits per heavy atom. The smallest absolute Gasteiger partial charge is 0.175 e. The Labute approximate surface area is 115 Å². The van der Waals surface area contributed by atoms with Gasteiger partial charge in [-0.25, -0.2) is 0 Å². The minimum atomic E-state index is -0.234. The van der Waals surface area contributed by atoms with Crippen molar-refractivity contribution < 1.29 is 14.6 Å². The van der Waals surface area contributed by atoms with Crippen LogP contribution in [0.15, 0.2) is 10.5 Å². The predicted octanol–water partition coefficient (Wildman–Crippen LogP) is 2.77. The topological polar surface area (TPSA) is 50.7 Å². The van der Waals surface area contributed by atoms with Crippen molar-refractivity contribution in [2.45, 2.75) is 25.3 Å². The highest BCUT2D eigenvalue weighted by Gasteiger charge is 2.36. The quantitative estimate of drug-likeness (QED) is 0.900. The molecule has 1 saturated heterocycles. The van der Waals surface area contributed by atoms with Gasteiger partial charge in [0.15, 0.2) is 11.5 Å². The van der Waals surface area contributed by atoms with Crippen molar-refractivity contribution in [3.05, 3.63) is 16.1 Å². The van der Waals surface area contributed by atoms with Gasteiger partial charge in [0.25, 0.3) is 0 Å². The molecule has 1 aromatic rings. The summed E-state index contributed by atoms with van der Waals surface area (Å²) in [6, 6.07) is 1.60. The summed E-state index contributed by atoms with van der Waals surface area (Å²) in [6.07, 6.45) is 2.07. The molecule has 5 heteroatoms. The number of aromatic hydroxyl groups is 1. The van der Waals surface area contributed by atoms with Crippen molar-refractivity contribution in [2.24, 2.45) is 0 Å². The van der Waals surface area contributed by atoms with Crippen LogP contribution >= 0.6 is 15.9 Å². The molecular weight excluding hydrogens is 298 g/mol. The number of hydrogen-bond donors (Lipinski definition) is 2. The average Bonchev–Trinajstić information content (AvgIpc) is 2.76. The van der Waals surface area contributed by atoms with Crippen LogP contribution in [0.25, 0.3) is 0 Å². The number of phenols is 1. The minimum Gasteiger partial charge on any atom is -0.507 e. The molecule has 0 spiro atoms. The molecule has 0 bridgehead atoms. The lowest BCUT2D eigenvalue weighted by Crippen LogP contribution is -2.33. The van der Waals surface area contributed by atoms with E-state index in [1.165, 1.54) is 0 Å².